The number of ketones is 1. The van der Waals surface area contributed by atoms with Crippen LogP contribution in [0.1, 0.15) is 59.3 Å². The van der Waals surface area contributed by atoms with E-state index < -0.39 is 23.2 Å². The molecule has 0 aromatic carbocycles. The third-order valence-electron chi connectivity index (χ3n) is 8.71. The SMILES string of the molecule is C=C(C)C1CC[C@@]2(O)C3=CC(=O)C4CC(O)C(O)CC4(C)C3CCC12C. The summed E-state index contributed by atoms with van der Waals surface area (Å²) in [6.07, 6.45) is 4.21. The average molecular weight is 360 g/mol. The van der Waals surface area contributed by atoms with E-state index in [1.807, 2.05) is 6.92 Å². The zero-order valence-corrected chi connectivity index (χ0v) is 16.2. The van der Waals surface area contributed by atoms with Crippen molar-refractivity contribution in [3.63, 3.8) is 0 Å². The van der Waals surface area contributed by atoms with Crippen LogP contribution < -0.4 is 0 Å². The molecule has 0 spiro atoms. The van der Waals surface area contributed by atoms with E-state index >= 15 is 0 Å². The number of rotatable bonds is 1. The maximum atomic E-state index is 13.0. The molecule has 0 amide bonds. The lowest BCUT2D eigenvalue weighted by molar-refractivity contribution is -0.151. The maximum Gasteiger partial charge on any atom is 0.159 e. The minimum atomic E-state index is -0.968. The van der Waals surface area contributed by atoms with Crippen molar-refractivity contribution >= 4 is 5.78 Å². The van der Waals surface area contributed by atoms with Crippen molar-refractivity contribution < 1.29 is 20.1 Å². The summed E-state index contributed by atoms with van der Waals surface area (Å²) in [4.78, 5) is 13.0. The first-order valence-electron chi connectivity index (χ1n) is 10.0. The molecule has 7 unspecified atom stereocenters. The van der Waals surface area contributed by atoms with Gasteiger partial charge in [0.1, 0.15) is 0 Å². The molecule has 0 bridgehead atoms. The Bertz CT molecular complexity index is 696. The van der Waals surface area contributed by atoms with Crippen LogP contribution in [0.5, 0.6) is 0 Å². The number of aliphatic hydroxyl groups excluding tert-OH is 2. The monoisotopic (exact) mass is 360 g/mol. The van der Waals surface area contributed by atoms with Crippen molar-refractivity contribution in [1.29, 1.82) is 0 Å². The van der Waals surface area contributed by atoms with Crippen LogP contribution in [0.3, 0.4) is 0 Å². The Morgan fingerprint density at radius 2 is 1.85 bits per heavy atom. The Morgan fingerprint density at radius 1 is 1.15 bits per heavy atom. The predicted molar refractivity (Wildman–Crippen MR) is 99.3 cm³/mol. The fourth-order valence-electron chi connectivity index (χ4n) is 7.16. The van der Waals surface area contributed by atoms with Crippen LogP contribution in [-0.2, 0) is 4.79 Å². The Kier molecular flexibility index (Phi) is 3.91. The molecule has 3 fully saturated rings. The van der Waals surface area contributed by atoms with Crippen molar-refractivity contribution in [3.8, 4) is 0 Å². The molecule has 4 heteroatoms. The molecule has 0 aromatic rings. The molecule has 0 aliphatic heterocycles. The van der Waals surface area contributed by atoms with Gasteiger partial charge < -0.3 is 15.3 Å². The topological polar surface area (TPSA) is 77.8 Å². The van der Waals surface area contributed by atoms with Gasteiger partial charge in [0.15, 0.2) is 5.78 Å². The van der Waals surface area contributed by atoms with Gasteiger partial charge in [-0.2, -0.15) is 0 Å². The molecule has 144 valence electrons. The molecule has 0 radical (unpaired) electrons. The van der Waals surface area contributed by atoms with Gasteiger partial charge >= 0.3 is 0 Å². The van der Waals surface area contributed by atoms with E-state index in [0.29, 0.717) is 19.3 Å². The summed E-state index contributed by atoms with van der Waals surface area (Å²) in [5, 5.41) is 32.3. The van der Waals surface area contributed by atoms with E-state index in [4.69, 9.17) is 0 Å². The van der Waals surface area contributed by atoms with Gasteiger partial charge in [-0.3, -0.25) is 4.79 Å². The zero-order chi connectivity index (χ0) is 19.1. The van der Waals surface area contributed by atoms with Crippen molar-refractivity contribution in [2.45, 2.75) is 77.1 Å². The first-order valence-corrected chi connectivity index (χ1v) is 10.0. The molecule has 4 nitrogen and oxygen atoms in total. The highest BCUT2D eigenvalue weighted by Gasteiger charge is 2.66. The van der Waals surface area contributed by atoms with E-state index in [9.17, 15) is 20.1 Å². The predicted octanol–water partition coefficient (Wildman–Crippen LogP) is 2.77. The summed E-state index contributed by atoms with van der Waals surface area (Å²) in [6.45, 7) is 10.5. The Balaban J connectivity index is 1.80. The lowest BCUT2D eigenvalue weighted by atomic mass is 9.46. The largest absolute Gasteiger partial charge is 0.390 e. The number of hydrogen-bond acceptors (Lipinski definition) is 4. The number of hydrogen-bond donors (Lipinski definition) is 3. The summed E-state index contributed by atoms with van der Waals surface area (Å²) in [7, 11) is 0. The molecule has 3 N–H and O–H groups in total. The van der Waals surface area contributed by atoms with E-state index in [1.54, 1.807) is 6.08 Å². The van der Waals surface area contributed by atoms with Crippen LogP contribution in [0.4, 0.5) is 0 Å². The molecule has 3 saturated carbocycles. The molecule has 0 heterocycles. The molecule has 4 aliphatic rings. The molecule has 4 rings (SSSR count). The van der Waals surface area contributed by atoms with Crippen LogP contribution in [0.2, 0.25) is 0 Å². The van der Waals surface area contributed by atoms with Crippen LogP contribution in [0.25, 0.3) is 0 Å². The van der Waals surface area contributed by atoms with Crippen molar-refractivity contribution in [1.82, 2.24) is 0 Å². The van der Waals surface area contributed by atoms with E-state index in [1.165, 1.54) is 0 Å². The van der Waals surface area contributed by atoms with Gasteiger partial charge in [0.2, 0.25) is 0 Å². The number of fused-ring (bicyclic) bond motifs is 5. The first kappa shape index (κ1) is 18.4. The second-order valence-corrected chi connectivity index (χ2v) is 9.94. The second-order valence-electron chi connectivity index (χ2n) is 9.94. The second kappa shape index (κ2) is 5.52. The Labute approximate surface area is 156 Å². The highest BCUT2D eigenvalue weighted by Crippen LogP contribution is 2.67. The number of allylic oxidation sites excluding steroid dienone is 2. The number of aliphatic hydroxyl groups is 3. The summed E-state index contributed by atoms with van der Waals surface area (Å²) in [5.74, 6) is 0.116. The zero-order valence-electron chi connectivity index (χ0n) is 16.2. The number of carbonyl (C=O) groups excluding carboxylic acids is 1. The van der Waals surface area contributed by atoms with Gasteiger partial charge in [-0.1, -0.05) is 26.0 Å². The number of carbonyl (C=O) groups is 1. The van der Waals surface area contributed by atoms with E-state index in [0.717, 1.165) is 30.4 Å². The van der Waals surface area contributed by atoms with Gasteiger partial charge in [-0.25, -0.2) is 0 Å². The quantitative estimate of drug-likeness (QED) is 0.629. The molecule has 0 aromatic heterocycles. The molecule has 4 aliphatic carbocycles. The van der Waals surface area contributed by atoms with Crippen LogP contribution in [0, 0.1) is 28.6 Å². The third kappa shape index (κ3) is 2.10. The molecular formula is C22H32O4. The van der Waals surface area contributed by atoms with Crippen LogP contribution in [0.15, 0.2) is 23.8 Å². The molecule has 0 saturated heterocycles. The minimum absolute atomic E-state index is 0.0150. The third-order valence-corrected chi connectivity index (χ3v) is 8.71. The fourth-order valence-corrected chi connectivity index (χ4v) is 7.16. The van der Waals surface area contributed by atoms with Crippen molar-refractivity contribution in [2.75, 3.05) is 0 Å². The Hall–Kier alpha value is -0.970. The van der Waals surface area contributed by atoms with Crippen molar-refractivity contribution in [2.24, 2.45) is 28.6 Å². The van der Waals surface area contributed by atoms with Crippen LogP contribution in [-0.4, -0.2) is 38.9 Å². The summed E-state index contributed by atoms with van der Waals surface area (Å²) in [5.41, 5.74) is 0.368. The summed E-state index contributed by atoms with van der Waals surface area (Å²) < 4.78 is 0. The molecule has 8 atom stereocenters. The van der Waals surface area contributed by atoms with E-state index in [-0.39, 0.29) is 29.0 Å². The van der Waals surface area contributed by atoms with Gasteiger partial charge in [-0.05, 0) is 74.3 Å². The summed E-state index contributed by atoms with van der Waals surface area (Å²) in [6, 6.07) is 0. The highest BCUT2D eigenvalue weighted by molar-refractivity contribution is 5.95. The molecule has 26 heavy (non-hydrogen) atoms. The molecular weight excluding hydrogens is 328 g/mol. The van der Waals surface area contributed by atoms with Crippen LogP contribution >= 0.6 is 0 Å². The highest BCUT2D eigenvalue weighted by atomic mass is 16.3. The smallest absolute Gasteiger partial charge is 0.159 e. The van der Waals surface area contributed by atoms with Crippen molar-refractivity contribution in [3.05, 3.63) is 23.8 Å². The first-order chi connectivity index (χ1) is 12.0. The van der Waals surface area contributed by atoms with Gasteiger partial charge in [-0.15, -0.1) is 0 Å². The fraction of sp³-hybridized carbons (Fsp3) is 0.773. The van der Waals surface area contributed by atoms with Gasteiger partial charge in [0.05, 0.1) is 17.8 Å². The minimum Gasteiger partial charge on any atom is -0.390 e. The Morgan fingerprint density at radius 3 is 2.50 bits per heavy atom. The maximum absolute atomic E-state index is 13.0. The average Bonchev–Trinajstić information content (AvgIpc) is 2.83. The van der Waals surface area contributed by atoms with Gasteiger partial charge in [0.25, 0.3) is 0 Å². The standard InChI is InChI=1S/C22H32O4/c1-12(2)13-6-8-22(26)15-9-17(23)16-10-18(24)19(25)11-20(16,3)14(15)5-7-21(13,22)4/h9,13-14,16,18-19,24-26H,1,5-8,10-11H2,2-4H3/t13?,14?,16?,18?,19?,20?,21?,22-/m1/s1. The van der Waals surface area contributed by atoms with E-state index in [2.05, 4.69) is 20.4 Å². The lowest BCUT2D eigenvalue weighted by Crippen LogP contribution is -2.60. The normalized spacial score (nSPS) is 53.4. The summed E-state index contributed by atoms with van der Waals surface area (Å²) >= 11 is 0. The van der Waals surface area contributed by atoms with Gasteiger partial charge in [0, 0.05) is 11.3 Å². The lowest BCUT2D eigenvalue weighted by Gasteiger charge is -2.59.